The van der Waals surface area contributed by atoms with Crippen molar-refractivity contribution >= 4 is 16.6 Å². The molecule has 1 unspecified atom stereocenters. The summed E-state index contributed by atoms with van der Waals surface area (Å²) in [5.74, 6) is 0.639. The lowest BCUT2D eigenvalue weighted by molar-refractivity contribution is 0.0377. The van der Waals surface area contributed by atoms with E-state index in [1.54, 1.807) is 6.07 Å². The molecule has 0 saturated carbocycles. The Hall–Kier alpha value is -2.06. The van der Waals surface area contributed by atoms with E-state index in [2.05, 4.69) is 14.8 Å². The monoisotopic (exact) mass is 392 g/mol. The Kier molecular flexibility index (Phi) is 5.87. The number of rotatable bonds is 5. The predicted molar refractivity (Wildman–Crippen MR) is 104 cm³/mol. The van der Waals surface area contributed by atoms with Crippen molar-refractivity contribution in [1.29, 1.82) is 0 Å². The molecule has 2 aliphatic rings. The Labute approximate surface area is 162 Å². The molecule has 1 aromatic heterocycles. The third-order valence-corrected chi connectivity index (χ3v) is 5.65. The number of hydrogen-bond donors (Lipinski definition) is 0. The SMILES string of the molecule is O=c1c2ccc(N3CCN(CC4CCCOC4)CC3)cc2ncn1CC(F)F. The quantitative estimate of drug-likeness (QED) is 0.781. The van der Waals surface area contributed by atoms with E-state index in [1.165, 1.54) is 12.7 Å². The lowest BCUT2D eigenvalue weighted by Gasteiger charge is -2.38. The highest BCUT2D eigenvalue weighted by Crippen LogP contribution is 2.22. The van der Waals surface area contributed by atoms with E-state index in [-0.39, 0.29) is 0 Å². The highest BCUT2D eigenvalue weighted by atomic mass is 19.3. The average Bonchev–Trinajstić information content (AvgIpc) is 2.71. The lowest BCUT2D eigenvalue weighted by Crippen LogP contribution is -2.48. The minimum atomic E-state index is -2.58. The van der Waals surface area contributed by atoms with Crippen LogP contribution in [0.15, 0.2) is 29.3 Å². The molecule has 6 nitrogen and oxygen atoms in total. The summed E-state index contributed by atoms with van der Waals surface area (Å²) in [4.78, 5) is 21.4. The molecule has 0 amide bonds. The lowest BCUT2D eigenvalue weighted by atomic mass is 10.0. The van der Waals surface area contributed by atoms with E-state index in [0.29, 0.717) is 16.8 Å². The van der Waals surface area contributed by atoms with Crippen molar-refractivity contribution in [1.82, 2.24) is 14.5 Å². The van der Waals surface area contributed by atoms with Gasteiger partial charge in [-0.25, -0.2) is 13.8 Å². The third kappa shape index (κ3) is 4.33. The van der Waals surface area contributed by atoms with Crippen molar-refractivity contribution in [2.75, 3.05) is 50.8 Å². The fraction of sp³-hybridized carbons (Fsp3) is 0.600. The number of nitrogens with zero attached hydrogens (tertiary/aromatic N) is 4. The fourth-order valence-corrected chi connectivity index (χ4v) is 4.13. The molecule has 0 radical (unpaired) electrons. The van der Waals surface area contributed by atoms with Crippen LogP contribution in [-0.4, -0.2) is 66.8 Å². The van der Waals surface area contributed by atoms with Crippen molar-refractivity contribution in [3.05, 3.63) is 34.9 Å². The molecule has 0 spiro atoms. The summed E-state index contributed by atoms with van der Waals surface area (Å²) in [7, 11) is 0. The van der Waals surface area contributed by atoms with Gasteiger partial charge in [0, 0.05) is 45.0 Å². The highest BCUT2D eigenvalue weighted by molar-refractivity contribution is 5.81. The van der Waals surface area contributed by atoms with Crippen molar-refractivity contribution < 1.29 is 13.5 Å². The maximum absolute atomic E-state index is 12.6. The van der Waals surface area contributed by atoms with Gasteiger partial charge in [0.15, 0.2) is 0 Å². The van der Waals surface area contributed by atoms with Gasteiger partial charge in [0.05, 0.1) is 30.4 Å². The molecule has 0 N–H and O–H groups in total. The van der Waals surface area contributed by atoms with Crippen molar-refractivity contribution in [3.8, 4) is 0 Å². The first kappa shape index (κ1) is 19.3. The number of halogens is 2. The molecule has 2 aromatic rings. The first-order valence-electron chi connectivity index (χ1n) is 9.92. The second-order valence-electron chi connectivity index (χ2n) is 7.67. The molecule has 0 bridgehead atoms. The summed E-state index contributed by atoms with van der Waals surface area (Å²) in [5, 5.41) is 0.378. The second-order valence-corrected chi connectivity index (χ2v) is 7.67. The van der Waals surface area contributed by atoms with E-state index in [4.69, 9.17) is 4.74 Å². The van der Waals surface area contributed by atoms with Gasteiger partial charge in [-0.15, -0.1) is 0 Å². The molecule has 152 valence electrons. The number of piperazine rings is 1. The van der Waals surface area contributed by atoms with Crippen molar-refractivity contribution in [3.63, 3.8) is 0 Å². The van der Waals surface area contributed by atoms with Crippen molar-refractivity contribution in [2.24, 2.45) is 5.92 Å². The van der Waals surface area contributed by atoms with Gasteiger partial charge in [-0.3, -0.25) is 14.3 Å². The van der Waals surface area contributed by atoms with Gasteiger partial charge in [-0.1, -0.05) is 0 Å². The predicted octanol–water partition coefficient (Wildman–Crippen LogP) is 2.21. The van der Waals surface area contributed by atoms with Crippen LogP contribution in [0.25, 0.3) is 10.9 Å². The summed E-state index contributed by atoms with van der Waals surface area (Å²) < 4.78 is 31.7. The second kappa shape index (κ2) is 8.53. The molecular weight excluding hydrogens is 366 g/mol. The maximum Gasteiger partial charge on any atom is 0.261 e. The molecule has 0 aliphatic carbocycles. The van der Waals surface area contributed by atoms with Gasteiger partial charge in [0.2, 0.25) is 0 Å². The molecule has 2 aliphatic heterocycles. The van der Waals surface area contributed by atoms with Crippen LogP contribution in [0.4, 0.5) is 14.5 Å². The van der Waals surface area contributed by atoms with Crippen LogP contribution >= 0.6 is 0 Å². The Balaban J connectivity index is 1.41. The van der Waals surface area contributed by atoms with Gasteiger partial charge < -0.3 is 9.64 Å². The number of benzene rings is 1. The topological polar surface area (TPSA) is 50.6 Å². The van der Waals surface area contributed by atoms with E-state index in [9.17, 15) is 13.6 Å². The Morgan fingerprint density at radius 2 is 2.04 bits per heavy atom. The summed E-state index contributed by atoms with van der Waals surface area (Å²) in [6, 6.07) is 5.48. The number of aromatic nitrogens is 2. The Morgan fingerprint density at radius 1 is 1.21 bits per heavy atom. The first-order valence-corrected chi connectivity index (χ1v) is 9.92. The van der Waals surface area contributed by atoms with Crippen LogP contribution < -0.4 is 10.5 Å². The van der Waals surface area contributed by atoms with Crippen LogP contribution in [0.3, 0.4) is 0 Å². The van der Waals surface area contributed by atoms with Gasteiger partial charge in [0.1, 0.15) is 0 Å². The van der Waals surface area contributed by atoms with Crippen LogP contribution in [-0.2, 0) is 11.3 Å². The number of fused-ring (bicyclic) bond motifs is 1. The zero-order chi connectivity index (χ0) is 19.5. The molecule has 2 fully saturated rings. The van der Waals surface area contributed by atoms with Crippen LogP contribution in [0, 0.1) is 5.92 Å². The largest absolute Gasteiger partial charge is 0.381 e. The van der Waals surface area contributed by atoms with E-state index >= 15 is 0 Å². The van der Waals surface area contributed by atoms with Gasteiger partial charge in [0.25, 0.3) is 12.0 Å². The Morgan fingerprint density at radius 3 is 2.75 bits per heavy atom. The first-order chi connectivity index (χ1) is 13.6. The van der Waals surface area contributed by atoms with E-state index in [0.717, 1.165) is 62.6 Å². The molecule has 28 heavy (non-hydrogen) atoms. The van der Waals surface area contributed by atoms with Gasteiger partial charge in [-0.05, 0) is 37.0 Å². The number of ether oxygens (including phenoxy) is 1. The van der Waals surface area contributed by atoms with Crippen molar-refractivity contribution in [2.45, 2.75) is 25.8 Å². The zero-order valence-electron chi connectivity index (χ0n) is 15.9. The normalized spacial score (nSPS) is 21.5. The van der Waals surface area contributed by atoms with E-state index in [1.807, 2.05) is 12.1 Å². The smallest absolute Gasteiger partial charge is 0.261 e. The summed E-state index contributed by atoms with van der Waals surface area (Å²) >= 11 is 0. The number of hydrogen-bond acceptors (Lipinski definition) is 5. The standard InChI is InChI=1S/C20H26F2N4O2/c21-19(22)12-26-14-23-18-10-16(3-4-17(18)20(26)27)25-7-5-24(6-8-25)11-15-2-1-9-28-13-15/h3-4,10,14-15,19H,1-2,5-9,11-13H2. The highest BCUT2D eigenvalue weighted by Gasteiger charge is 2.22. The average molecular weight is 392 g/mol. The molecular formula is C20H26F2N4O2. The van der Waals surface area contributed by atoms with Crippen LogP contribution in [0.1, 0.15) is 12.8 Å². The summed E-state index contributed by atoms with van der Waals surface area (Å²) in [6.45, 7) is 6.07. The zero-order valence-corrected chi connectivity index (χ0v) is 15.9. The van der Waals surface area contributed by atoms with Crippen LogP contribution in [0.5, 0.6) is 0 Å². The third-order valence-electron chi connectivity index (χ3n) is 5.65. The molecule has 1 aromatic carbocycles. The Bertz CT molecular complexity index is 859. The summed E-state index contributed by atoms with van der Waals surface area (Å²) in [5.41, 5.74) is 1.15. The van der Waals surface area contributed by atoms with Gasteiger partial charge >= 0.3 is 0 Å². The summed E-state index contributed by atoms with van der Waals surface area (Å²) in [6.07, 6.45) is 1.05. The number of anilines is 1. The van der Waals surface area contributed by atoms with Crippen LogP contribution in [0.2, 0.25) is 0 Å². The van der Waals surface area contributed by atoms with E-state index < -0.39 is 18.5 Å². The molecule has 1 atom stereocenters. The van der Waals surface area contributed by atoms with Gasteiger partial charge in [-0.2, -0.15) is 0 Å². The molecule has 3 heterocycles. The molecule has 2 saturated heterocycles. The molecule has 8 heteroatoms. The maximum atomic E-state index is 12.6. The minimum absolute atomic E-state index is 0.378. The number of alkyl halides is 2. The minimum Gasteiger partial charge on any atom is -0.381 e. The molecule has 4 rings (SSSR count). The fourth-order valence-electron chi connectivity index (χ4n) is 4.13.